The van der Waals surface area contributed by atoms with Crippen LogP contribution in [-0.2, 0) is 6.18 Å². The summed E-state index contributed by atoms with van der Waals surface area (Å²) in [6.07, 6.45) is -4.47. The largest absolute Gasteiger partial charge is 0.416 e. The summed E-state index contributed by atoms with van der Waals surface area (Å²) in [5, 5.41) is 7.74. The highest BCUT2D eigenvalue weighted by Gasteiger charge is 2.30. The molecule has 0 radical (unpaired) electrons. The van der Waals surface area contributed by atoms with Gasteiger partial charge in [0.25, 0.3) is 0 Å². The third-order valence-corrected chi connectivity index (χ3v) is 4.74. The Morgan fingerprint density at radius 3 is 2.18 bits per heavy atom. The number of amides is 4. The van der Waals surface area contributed by atoms with Crippen LogP contribution in [0.15, 0.2) is 72.8 Å². The molecule has 0 spiro atoms. The lowest BCUT2D eigenvalue weighted by Crippen LogP contribution is -2.42. The smallest absolute Gasteiger partial charge is 0.336 e. The zero-order valence-corrected chi connectivity index (χ0v) is 18.1. The number of aryl methyl sites for hydroxylation is 1. The Kier molecular flexibility index (Phi) is 7.72. The van der Waals surface area contributed by atoms with Crippen molar-refractivity contribution in [3.63, 3.8) is 0 Å². The molecule has 0 aliphatic rings. The normalized spacial score (nSPS) is 11.0. The molecule has 0 aliphatic carbocycles. The van der Waals surface area contributed by atoms with Crippen LogP contribution in [0.5, 0.6) is 0 Å². The summed E-state index contributed by atoms with van der Waals surface area (Å²) in [4.78, 5) is 26.4. The number of urea groups is 2. The SMILES string of the molecule is Cc1cccc(NC(=O)N(CCNC(=O)Nc2ccc(C(F)(F)F)cc2)c2ccc(F)cc2)c1. The lowest BCUT2D eigenvalue weighted by atomic mass is 10.2. The topological polar surface area (TPSA) is 73.5 Å². The predicted octanol–water partition coefficient (Wildman–Crippen LogP) is 6.01. The summed E-state index contributed by atoms with van der Waals surface area (Å²) < 4.78 is 51.3. The Balaban J connectivity index is 1.61. The van der Waals surface area contributed by atoms with Crippen LogP contribution in [0.25, 0.3) is 0 Å². The average molecular weight is 474 g/mol. The van der Waals surface area contributed by atoms with Crippen molar-refractivity contribution in [2.45, 2.75) is 13.1 Å². The molecule has 3 aromatic carbocycles. The Morgan fingerprint density at radius 1 is 0.882 bits per heavy atom. The lowest BCUT2D eigenvalue weighted by molar-refractivity contribution is -0.137. The number of nitrogens with zero attached hydrogens (tertiary/aromatic N) is 1. The summed E-state index contributed by atoms with van der Waals surface area (Å²) in [6.45, 7) is 1.95. The highest BCUT2D eigenvalue weighted by Crippen LogP contribution is 2.29. The summed E-state index contributed by atoms with van der Waals surface area (Å²) in [7, 11) is 0. The number of alkyl halides is 3. The van der Waals surface area contributed by atoms with Gasteiger partial charge in [-0.3, -0.25) is 4.90 Å². The van der Waals surface area contributed by atoms with Crippen LogP contribution < -0.4 is 20.9 Å². The first kappa shape index (κ1) is 24.6. The van der Waals surface area contributed by atoms with Gasteiger partial charge in [-0.05, 0) is 73.2 Å². The van der Waals surface area contributed by atoms with E-state index >= 15 is 0 Å². The summed E-state index contributed by atoms with van der Waals surface area (Å²) >= 11 is 0. The number of benzene rings is 3. The van der Waals surface area contributed by atoms with Gasteiger partial charge in [0.2, 0.25) is 0 Å². The van der Waals surface area contributed by atoms with Crippen molar-refractivity contribution >= 4 is 29.1 Å². The standard InChI is InChI=1S/C24H22F4N4O2/c1-16-3-2-4-20(15-16)31-23(34)32(21-11-7-18(25)8-12-21)14-13-29-22(33)30-19-9-5-17(6-10-19)24(26,27)28/h2-12,15H,13-14H2,1H3,(H,31,34)(H2,29,30,33). The summed E-state index contributed by atoms with van der Waals surface area (Å²) in [6, 6.07) is 15.4. The van der Waals surface area contributed by atoms with Gasteiger partial charge in [0.1, 0.15) is 5.82 Å². The molecule has 0 atom stereocenters. The second-order valence-corrected chi connectivity index (χ2v) is 7.38. The van der Waals surface area contributed by atoms with Crippen LogP contribution in [0.3, 0.4) is 0 Å². The number of carbonyl (C=O) groups is 2. The highest BCUT2D eigenvalue weighted by atomic mass is 19.4. The number of anilines is 3. The van der Waals surface area contributed by atoms with E-state index in [1.165, 1.54) is 29.2 Å². The molecule has 34 heavy (non-hydrogen) atoms. The van der Waals surface area contributed by atoms with Crippen molar-refractivity contribution in [1.82, 2.24) is 5.32 Å². The molecule has 3 aromatic rings. The first-order chi connectivity index (χ1) is 16.1. The number of halogens is 4. The van der Waals surface area contributed by atoms with Crippen LogP contribution in [0.2, 0.25) is 0 Å². The van der Waals surface area contributed by atoms with Gasteiger partial charge in [0, 0.05) is 30.2 Å². The fourth-order valence-electron chi connectivity index (χ4n) is 3.08. The molecule has 0 fully saturated rings. The molecule has 0 saturated carbocycles. The van der Waals surface area contributed by atoms with Crippen LogP contribution in [0.1, 0.15) is 11.1 Å². The van der Waals surface area contributed by atoms with Crippen molar-refractivity contribution in [3.05, 3.63) is 89.7 Å². The maximum atomic E-state index is 13.4. The van der Waals surface area contributed by atoms with E-state index in [9.17, 15) is 27.2 Å². The van der Waals surface area contributed by atoms with Crippen LogP contribution in [0.4, 0.5) is 44.2 Å². The molecule has 0 aliphatic heterocycles. The van der Waals surface area contributed by atoms with Gasteiger partial charge in [0.15, 0.2) is 0 Å². The van der Waals surface area contributed by atoms with Crippen molar-refractivity contribution in [1.29, 1.82) is 0 Å². The van der Waals surface area contributed by atoms with E-state index in [-0.39, 0.29) is 18.8 Å². The van der Waals surface area contributed by atoms with E-state index in [1.54, 1.807) is 18.2 Å². The molecule has 0 aromatic heterocycles. The van der Waals surface area contributed by atoms with Crippen molar-refractivity contribution in [3.8, 4) is 0 Å². The third-order valence-electron chi connectivity index (χ3n) is 4.74. The van der Waals surface area contributed by atoms with Crippen molar-refractivity contribution in [2.75, 3.05) is 28.6 Å². The molecule has 0 bridgehead atoms. The van der Waals surface area contributed by atoms with Crippen molar-refractivity contribution in [2.24, 2.45) is 0 Å². The summed E-state index contributed by atoms with van der Waals surface area (Å²) in [5.74, 6) is -0.461. The maximum Gasteiger partial charge on any atom is 0.416 e. The van der Waals surface area contributed by atoms with Gasteiger partial charge in [-0.15, -0.1) is 0 Å². The molecule has 10 heteroatoms. The molecule has 3 rings (SSSR count). The molecule has 3 N–H and O–H groups in total. The van der Waals surface area contributed by atoms with Gasteiger partial charge >= 0.3 is 18.2 Å². The third kappa shape index (κ3) is 6.96. The molecule has 0 unspecified atom stereocenters. The zero-order chi connectivity index (χ0) is 24.7. The van der Waals surface area contributed by atoms with Gasteiger partial charge in [-0.1, -0.05) is 12.1 Å². The van der Waals surface area contributed by atoms with Crippen LogP contribution in [-0.4, -0.2) is 25.2 Å². The molecule has 0 saturated heterocycles. The van der Waals surface area contributed by atoms with E-state index in [0.29, 0.717) is 11.4 Å². The number of rotatable bonds is 6. The zero-order valence-electron chi connectivity index (χ0n) is 18.1. The lowest BCUT2D eigenvalue weighted by Gasteiger charge is -2.23. The highest BCUT2D eigenvalue weighted by molar-refractivity contribution is 6.01. The van der Waals surface area contributed by atoms with E-state index in [2.05, 4.69) is 16.0 Å². The molecular formula is C24H22F4N4O2. The van der Waals surface area contributed by atoms with E-state index in [0.717, 1.165) is 29.8 Å². The Bertz CT molecular complexity index is 1130. The van der Waals surface area contributed by atoms with Crippen molar-refractivity contribution < 1.29 is 27.2 Å². The first-order valence-electron chi connectivity index (χ1n) is 10.2. The van der Waals surface area contributed by atoms with Gasteiger partial charge in [-0.25, -0.2) is 14.0 Å². The molecule has 178 valence electrons. The molecular weight excluding hydrogens is 452 g/mol. The van der Waals surface area contributed by atoms with E-state index in [1.807, 2.05) is 13.0 Å². The molecule has 0 heterocycles. The van der Waals surface area contributed by atoms with Crippen LogP contribution in [0, 0.1) is 12.7 Å². The van der Waals surface area contributed by atoms with Gasteiger partial charge < -0.3 is 16.0 Å². The quantitative estimate of drug-likeness (QED) is 0.383. The molecule has 6 nitrogen and oxygen atoms in total. The number of carbonyl (C=O) groups excluding carboxylic acids is 2. The Hall–Kier alpha value is -4.08. The fraction of sp³-hybridized carbons (Fsp3) is 0.167. The Morgan fingerprint density at radius 2 is 1.56 bits per heavy atom. The fourth-order valence-corrected chi connectivity index (χ4v) is 3.08. The maximum absolute atomic E-state index is 13.4. The monoisotopic (exact) mass is 474 g/mol. The minimum Gasteiger partial charge on any atom is -0.336 e. The average Bonchev–Trinajstić information content (AvgIpc) is 2.77. The first-order valence-corrected chi connectivity index (χ1v) is 10.2. The second kappa shape index (κ2) is 10.7. The van der Waals surface area contributed by atoms with E-state index in [4.69, 9.17) is 0 Å². The van der Waals surface area contributed by atoms with Crippen LogP contribution >= 0.6 is 0 Å². The van der Waals surface area contributed by atoms with Gasteiger partial charge in [-0.2, -0.15) is 13.2 Å². The number of hydrogen-bond donors (Lipinski definition) is 3. The number of nitrogens with one attached hydrogen (secondary N) is 3. The Labute approximate surface area is 193 Å². The minimum absolute atomic E-state index is 0.0189. The minimum atomic E-state index is -4.47. The molecule has 4 amide bonds. The number of hydrogen-bond acceptors (Lipinski definition) is 2. The predicted molar refractivity (Wildman–Crippen MR) is 122 cm³/mol. The summed E-state index contributed by atoms with van der Waals surface area (Å²) in [5.41, 5.74) is 1.29. The second-order valence-electron chi connectivity index (χ2n) is 7.38. The van der Waals surface area contributed by atoms with E-state index < -0.39 is 29.6 Å². The van der Waals surface area contributed by atoms with Gasteiger partial charge in [0.05, 0.1) is 5.56 Å².